The summed E-state index contributed by atoms with van der Waals surface area (Å²) >= 11 is 6.10. The molecule has 2 heterocycles. The topological polar surface area (TPSA) is 81.1 Å². The van der Waals surface area contributed by atoms with Crippen LogP contribution in [0.25, 0.3) is 11.1 Å². The fourth-order valence-corrected chi connectivity index (χ4v) is 5.20. The third-order valence-electron chi connectivity index (χ3n) is 6.01. The molecule has 0 radical (unpaired) electrons. The molecule has 2 unspecified atom stereocenters. The highest BCUT2D eigenvalue weighted by molar-refractivity contribution is 6.30. The molecule has 6 nitrogen and oxygen atoms in total. The van der Waals surface area contributed by atoms with Crippen LogP contribution in [0.3, 0.4) is 0 Å². The monoisotopic (exact) mass is 502 g/mol. The van der Waals surface area contributed by atoms with Crippen molar-refractivity contribution in [1.29, 1.82) is 0 Å². The average molecular weight is 503 g/mol. The number of carboxylic acid groups (broad SMARTS) is 2. The van der Waals surface area contributed by atoms with Gasteiger partial charge in [-0.05, 0) is 72.6 Å². The molecular weight excluding hydrogens is 464 g/mol. The summed E-state index contributed by atoms with van der Waals surface area (Å²) in [5.41, 5.74) is 8.40. The van der Waals surface area contributed by atoms with Crippen molar-refractivity contribution in [3.8, 4) is 11.1 Å². The molecule has 7 heteroatoms. The molecule has 0 saturated heterocycles. The molecule has 0 amide bonds. The second-order valence-electron chi connectivity index (χ2n) is 11.0. The summed E-state index contributed by atoms with van der Waals surface area (Å²) in [6.07, 6.45) is 0.965. The van der Waals surface area contributed by atoms with Crippen LogP contribution >= 0.6 is 11.6 Å². The van der Waals surface area contributed by atoms with Crippen molar-refractivity contribution in [3.63, 3.8) is 0 Å². The first-order valence-corrected chi connectivity index (χ1v) is 12.3. The van der Waals surface area contributed by atoms with Gasteiger partial charge in [-0.25, -0.2) is 0 Å². The van der Waals surface area contributed by atoms with Gasteiger partial charge in [0.25, 0.3) is 6.47 Å². The maximum atomic E-state index is 11.7. The molecule has 2 aliphatic rings. The number of aliphatic carboxylic acids is 1. The van der Waals surface area contributed by atoms with Gasteiger partial charge in [0.2, 0.25) is 0 Å². The van der Waals surface area contributed by atoms with Gasteiger partial charge in [-0.15, -0.1) is 0 Å². The smallest absolute Gasteiger partial charge is 0.307 e. The van der Waals surface area contributed by atoms with E-state index in [1.807, 2.05) is 24.3 Å². The van der Waals surface area contributed by atoms with Gasteiger partial charge in [-0.1, -0.05) is 51.4 Å². The second-order valence-corrected chi connectivity index (χ2v) is 11.5. The van der Waals surface area contributed by atoms with Crippen molar-refractivity contribution in [2.75, 3.05) is 23.4 Å². The second kappa shape index (κ2) is 11.3. The van der Waals surface area contributed by atoms with Crippen LogP contribution in [0.5, 0.6) is 0 Å². The molecule has 0 aliphatic carbocycles. The first-order valence-electron chi connectivity index (χ1n) is 11.9. The molecule has 2 N–H and O–H groups in total. The molecule has 192 valence electrons. The molecule has 0 aromatic heterocycles. The van der Waals surface area contributed by atoms with E-state index in [1.165, 1.54) is 16.9 Å². The van der Waals surface area contributed by atoms with E-state index in [-0.39, 0.29) is 12.9 Å². The third kappa shape index (κ3) is 6.69. The summed E-state index contributed by atoms with van der Waals surface area (Å²) in [6, 6.07) is 8.62. The number of anilines is 2. The maximum absolute atomic E-state index is 11.7. The molecule has 2 atom stereocenters. The lowest BCUT2D eigenvalue weighted by atomic mass is 9.86. The standard InChI is InChI=1S/C22H25ClN2O2.C5H12.CH2O2/c1-12-9-18-20(15-5-7-16(23)8-6-15)17(10-19(26)27)14(3)21-22(18)25(12)13(2)11-24(21)4;1-5(2,3)4;2-1-3/h5-8,12-13H,9-11H2,1-4H3,(H,26,27);1-4H3;1H,(H,2,3). The van der Waals surface area contributed by atoms with E-state index < -0.39 is 5.97 Å². The number of hydrogen-bond acceptors (Lipinski definition) is 4. The van der Waals surface area contributed by atoms with Gasteiger partial charge in [-0.2, -0.15) is 0 Å². The van der Waals surface area contributed by atoms with Crippen molar-refractivity contribution in [3.05, 3.63) is 46.0 Å². The van der Waals surface area contributed by atoms with E-state index in [0.717, 1.165) is 35.2 Å². The first kappa shape index (κ1) is 28.5. The molecule has 35 heavy (non-hydrogen) atoms. The van der Waals surface area contributed by atoms with Crippen LogP contribution in [0, 0.1) is 12.3 Å². The van der Waals surface area contributed by atoms with E-state index in [4.69, 9.17) is 21.5 Å². The molecule has 2 aromatic carbocycles. The Morgan fingerprint density at radius 3 is 2.11 bits per heavy atom. The number of likely N-dealkylation sites (N-methyl/N-ethyl adjacent to an activating group) is 1. The van der Waals surface area contributed by atoms with Crippen molar-refractivity contribution < 1.29 is 19.8 Å². The normalized spacial score (nSPS) is 18.1. The number of hydrogen-bond donors (Lipinski definition) is 2. The summed E-state index contributed by atoms with van der Waals surface area (Å²) in [7, 11) is 2.12. The minimum Gasteiger partial charge on any atom is -0.483 e. The van der Waals surface area contributed by atoms with Crippen LogP contribution in [-0.4, -0.2) is 48.3 Å². The Hall–Kier alpha value is -2.73. The summed E-state index contributed by atoms with van der Waals surface area (Å²) in [5, 5.41) is 17.2. The van der Waals surface area contributed by atoms with Gasteiger partial charge >= 0.3 is 5.97 Å². The Morgan fingerprint density at radius 1 is 1.11 bits per heavy atom. The van der Waals surface area contributed by atoms with Crippen LogP contribution in [-0.2, 0) is 22.4 Å². The minimum atomic E-state index is -0.796. The van der Waals surface area contributed by atoms with Crippen molar-refractivity contribution in [1.82, 2.24) is 0 Å². The molecule has 0 saturated carbocycles. The summed E-state index contributed by atoms with van der Waals surface area (Å²) in [4.78, 5) is 24.9. The fraction of sp³-hybridized carbons (Fsp3) is 0.500. The largest absolute Gasteiger partial charge is 0.483 e. The predicted octanol–water partition coefficient (Wildman–Crippen LogP) is 6.29. The number of nitrogens with zero attached hydrogens (tertiary/aromatic N) is 2. The SMILES string of the molecule is CC(C)(C)C.Cc1c(CC(=O)O)c(-c2ccc(Cl)cc2)c2c3c1N(C)CC(C)N3C(C)C2.O=CO. The zero-order chi connectivity index (χ0) is 26.7. The first-order chi connectivity index (χ1) is 16.2. The summed E-state index contributed by atoms with van der Waals surface area (Å²) < 4.78 is 0. The number of carboxylic acids is 1. The minimum absolute atomic E-state index is 0.0296. The Bertz CT molecular complexity index is 1050. The van der Waals surface area contributed by atoms with E-state index >= 15 is 0 Å². The van der Waals surface area contributed by atoms with Crippen LogP contribution in [0.2, 0.25) is 5.02 Å². The highest BCUT2D eigenvalue weighted by Gasteiger charge is 2.40. The lowest BCUT2D eigenvalue weighted by Crippen LogP contribution is -2.48. The Balaban J connectivity index is 0.000000473. The number of benzene rings is 2. The molecular formula is C28H39ClN2O4. The number of halogens is 1. The van der Waals surface area contributed by atoms with Crippen LogP contribution < -0.4 is 9.80 Å². The number of carbonyl (C=O) groups is 2. The number of rotatable bonds is 3. The molecule has 0 spiro atoms. The molecule has 2 aromatic rings. The lowest BCUT2D eigenvalue weighted by molar-refractivity contribution is -0.136. The van der Waals surface area contributed by atoms with Gasteiger partial charge in [0.15, 0.2) is 0 Å². The quantitative estimate of drug-likeness (QED) is 0.480. The van der Waals surface area contributed by atoms with E-state index in [0.29, 0.717) is 22.5 Å². The van der Waals surface area contributed by atoms with Gasteiger partial charge in [0.05, 0.1) is 17.8 Å². The highest BCUT2D eigenvalue weighted by Crippen LogP contribution is 2.52. The Kier molecular flexibility index (Phi) is 9.23. The average Bonchev–Trinajstić information content (AvgIpc) is 3.05. The van der Waals surface area contributed by atoms with Crippen LogP contribution in [0.15, 0.2) is 24.3 Å². The van der Waals surface area contributed by atoms with Gasteiger partial charge < -0.3 is 20.0 Å². The van der Waals surface area contributed by atoms with Gasteiger partial charge in [0, 0.05) is 30.7 Å². The van der Waals surface area contributed by atoms with E-state index in [1.54, 1.807) is 0 Å². The van der Waals surface area contributed by atoms with E-state index in [2.05, 4.69) is 65.3 Å². The van der Waals surface area contributed by atoms with Crippen molar-refractivity contribution >= 4 is 35.4 Å². The molecule has 4 rings (SSSR count). The van der Waals surface area contributed by atoms with E-state index in [9.17, 15) is 9.90 Å². The summed E-state index contributed by atoms with van der Waals surface area (Å²) in [5.74, 6) is -0.796. The summed E-state index contributed by atoms with van der Waals surface area (Å²) in [6.45, 7) is 16.1. The molecule has 0 fully saturated rings. The maximum Gasteiger partial charge on any atom is 0.307 e. The van der Waals surface area contributed by atoms with Crippen LogP contribution in [0.4, 0.5) is 11.4 Å². The molecule has 2 aliphatic heterocycles. The van der Waals surface area contributed by atoms with Crippen molar-refractivity contribution in [2.45, 2.75) is 73.4 Å². The fourth-order valence-electron chi connectivity index (χ4n) is 5.08. The van der Waals surface area contributed by atoms with Crippen molar-refractivity contribution in [2.24, 2.45) is 5.41 Å². The molecule has 0 bridgehead atoms. The Labute approximate surface area is 214 Å². The van der Waals surface area contributed by atoms with Crippen LogP contribution in [0.1, 0.15) is 58.2 Å². The van der Waals surface area contributed by atoms with Gasteiger partial charge in [-0.3, -0.25) is 9.59 Å². The Morgan fingerprint density at radius 2 is 1.63 bits per heavy atom. The zero-order valence-corrected chi connectivity index (χ0v) is 22.9. The predicted molar refractivity (Wildman–Crippen MR) is 145 cm³/mol. The third-order valence-corrected chi connectivity index (χ3v) is 6.26. The highest BCUT2D eigenvalue weighted by atomic mass is 35.5. The van der Waals surface area contributed by atoms with Gasteiger partial charge in [0.1, 0.15) is 0 Å². The zero-order valence-electron chi connectivity index (χ0n) is 22.1. The lowest BCUT2D eigenvalue weighted by Gasteiger charge is -2.43.